The minimum absolute atomic E-state index is 0.0538. The summed E-state index contributed by atoms with van der Waals surface area (Å²) in [6.07, 6.45) is 0. The Hall–Kier alpha value is -3.56. The number of fused-ring (bicyclic) bond motifs is 1. The summed E-state index contributed by atoms with van der Waals surface area (Å²) in [4.78, 5) is 24.6. The summed E-state index contributed by atoms with van der Waals surface area (Å²) in [5, 5.41) is 13.0. The summed E-state index contributed by atoms with van der Waals surface area (Å²) in [5.74, 6) is 2.04. The smallest absolute Gasteiger partial charge is 0.260 e. The van der Waals surface area contributed by atoms with Gasteiger partial charge in [0.1, 0.15) is 11.5 Å². The zero-order valence-electron chi connectivity index (χ0n) is 20.9. The Kier molecular flexibility index (Phi) is 6.84. The first kappa shape index (κ1) is 24.1. The van der Waals surface area contributed by atoms with Crippen molar-refractivity contribution in [2.45, 2.75) is 50.8 Å². The fraction of sp³-hybridized carbons (Fsp3) is 0.296. The summed E-state index contributed by atoms with van der Waals surface area (Å²) >= 11 is 1.66. The van der Waals surface area contributed by atoms with E-state index < -0.39 is 0 Å². The first-order valence-electron chi connectivity index (χ1n) is 12.0. The van der Waals surface area contributed by atoms with E-state index in [4.69, 9.17) is 4.98 Å². The Balaban J connectivity index is 1.45. The quantitative estimate of drug-likeness (QED) is 0.349. The highest BCUT2D eigenvalue weighted by molar-refractivity contribution is 7.98. The van der Waals surface area contributed by atoms with Crippen molar-refractivity contribution in [3.8, 4) is 11.5 Å². The molecule has 0 spiro atoms. The molecule has 0 saturated carbocycles. The van der Waals surface area contributed by atoms with Crippen LogP contribution in [-0.4, -0.2) is 37.7 Å². The largest absolute Gasteiger partial charge is 0.314 e. The average molecular weight is 500 g/mol. The first-order valence-corrected chi connectivity index (χ1v) is 13.0. The number of thioether (sulfide) groups is 1. The van der Waals surface area contributed by atoms with Gasteiger partial charge >= 0.3 is 0 Å². The molecule has 1 aliphatic rings. The summed E-state index contributed by atoms with van der Waals surface area (Å²) in [5.41, 5.74) is 5.31. The van der Waals surface area contributed by atoms with E-state index in [9.17, 15) is 4.79 Å². The molecule has 1 amide bonds. The molecule has 1 N–H and O–H groups in total. The lowest BCUT2D eigenvalue weighted by Gasteiger charge is -2.17. The lowest BCUT2D eigenvalue weighted by Crippen LogP contribution is -2.24. The third-order valence-electron chi connectivity index (χ3n) is 6.11. The SMILES string of the molecule is CNCc1nc(C)cc2c1CN(c1cccc(-c3nnc(SCc4ccccc4)n3C(C)C)n1)C2=O. The third kappa shape index (κ3) is 4.64. The molecule has 0 radical (unpaired) electrons. The Labute approximate surface area is 215 Å². The highest BCUT2D eigenvalue weighted by Gasteiger charge is 2.32. The van der Waals surface area contributed by atoms with Crippen LogP contribution in [0, 0.1) is 6.92 Å². The summed E-state index contributed by atoms with van der Waals surface area (Å²) in [6, 6.07) is 18.0. The molecule has 9 heteroatoms. The number of hydrogen-bond donors (Lipinski definition) is 1. The molecular weight excluding hydrogens is 470 g/mol. The van der Waals surface area contributed by atoms with Gasteiger partial charge in [0.25, 0.3) is 5.91 Å². The van der Waals surface area contributed by atoms with Crippen molar-refractivity contribution in [3.05, 3.63) is 82.7 Å². The second kappa shape index (κ2) is 10.2. The van der Waals surface area contributed by atoms with Crippen molar-refractivity contribution < 1.29 is 4.79 Å². The predicted molar refractivity (Wildman–Crippen MR) is 142 cm³/mol. The molecule has 0 saturated heterocycles. The number of aromatic nitrogens is 5. The number of carbonyl (C=O) groups excluding carboxylic acids is 1. The van der Waals surface area contributed by atoms with Crippen molar-refractivity contribution in [2.75, 3.05) is 11.9 Å². The maximum Gasteiger partial charge on any atom is 0.260 e. The monoisotopic (exact) mass is 499 g/mol. The number of nitrogens with zero attached hydrogens (tertiary/aromatic N) is 6. The molecule has 0 aliphatic carbocycles. The normalized spacial score (nSPS) is 13.0. The van der Waals surface area contributed by atoms with Crippen LogP contribution in [0.3, 0.4) is 0 Å². The minimum atomic E-state index is -0.0538. The Morgan fingerprint density at radius 3 is 2.61 bits per heavy atom. The molecule has 3 aromatic heterocycles. The molecule has 0 fully saturated rings. The van der Waals surface area contributed by atoms with E-state index in [1.165, 1.54) is 5.56 Å². The zero-order chi connectivity index (χ0) is 25.2. The lowest BCUT2D eigenvalue weighted by atomic mass is 10.1. The van der Waals surface area contributed by atoms with Gasteiger partial charge in [0.2, 0.25) is 0 Å². The van der Waals surface area contributed by atoms with Gasteiger partial charge in [-0.2, -0.15) is 0 Å². The van der Waals surface area contributed by atoms with Gasteiger partial charge in [-0.15, -0.1) is 10.2 Å². The topological polar surface area (TPSA) is 88.8 Å². The van der Waals surface area contributed by atoms with Crippen LogP contribution in [0.5, 0.6) is 0 Å². The van der Waals surface area contributed by atoms with Gasteiger partial charge in [-0.3, -0.25) is 19.2 Å². The Morgan fingerprint density at radius 2 is 1.86 bits per heavy atom. The van der Waals surface area contributed by atoms with Gasteiger partial charge in [-0.05, 0) is 51.6 Å². The molecule has 0 unspecified atom stereocenters. The number of pyridine rings is 2. The number of aryl methyl sites for hydroxylation is 1. The number of nitrogens with one attached hydrogen (secondary N) is 1. The molecule has 0 bridgehead atoms. The first-order chi connectivity index (χ1) is 17.5. The average Bonchev–Trinajstić information content (AvgIpc) is 3.45. The van der Waals surface area contributed by atoms with Crippen molar-refractivity contribution in [2.24, 2.45) is 0 Å². The van der Waals surface area contributed by atoms with Gasteiger partial charge < -0.3 is 5.32 Å². The van der Waals surface area contributed by atoms with Gasteiger partial charge in [-0.1, -0.05) is 48.2 Å². The van der Waals surface area contributed by atoms with Gasteiger partial charge in [-0.25, -0.2) is 4.98 Å². The molecule has 5 rings (SSSR count). The standard InChI is InChI=1S/C27H29N7OS/c1-17(2)34-25(31-32-27(34)36-16-19-9-6-5-7-10-19)22-11-8-12-24(30-22)33-15-21-20(26(33)35)13-18(3)29-23(21)14-28-4/h5-13,17,28H,14-16H2,1-4H3. The van der Waals surface area contributed by atoms with Crippen LogP contribution in [0.1, 0.15) is 52.8 Å². The van der Waals surface area contributed by atoms with Crippen LogP contribution in [0.4, 0.5) is 5.82 Å². The molecule has 0 atom stereocenters. The van der Waals surface area contributed by atoms with E-state index in [0.717, 1.165) is 27.9 Å². The fourth-order valence-corrected chi connectivity index (χ4v) is 5.46. The highest BCUT2D eigenvalue weighted by Crippen LogP contribution is 2.32. The van der Waals surface area contributed by atoms with E-state index in [1.54, 1.807) is 16.7 Å². The van der Waals surface area contributed by atoms with E-state index >= 15 is 0 Å². The number of benzene rings is 1. The van der Waals surface area contributed by atoms with Crippen LogP contribution in [0.25, 0.3) is 11.5 Å². The lowest BCUT2D eigenvalue weighted by molar-refractivity contribution is 0.0996. The second-order valence-electron chi connectivity index (χ2n) is 9.08. The number of carbonyl (C=O) groups is 1. The third-order valence-corrected chi connectivity index (χ3v) is 7.12. The molecule has 1 aliphatic heterocycles. The number of amides is 1. The van der Waals surface area contributed by atoms with Gasteiger partial charge in [0, 0.05) is 35.2 Å². The molecule has 36 heavy (non-hydrogen) atoms. The van der Waals surface area contributed by atoms with E-state index in [1.807, 2.05) is 56.4 Å². The van der Waals surface area contributed by atoms with Crippen molar-refractivity contribution in [3.63, 3.8) is 0 Å². The number of rotatable bonds is 8. The van der Waals surface area contributed by atoms with E-state index in [-0.39, 0.29) is 11.9 Å². The summed E-state index contributed by atoms with van der Waals surface area (Å²) in [6.45, 7) is 7.20. The molecule has 4 heterocycles. The molecule has 4 aromatic rings. The van der Waals surface area contributed by atoms with E-state index in [0.29, 0.717) is 36.0 Å². The number of anilines is 1. The van der Waals surface area contributed by atoms with Crippen LogP contribution in [0.2, 0.25) is 0 Å². The van der Waals surface area contributed by atoms with E-state index in [2.05, 4.69) is 51.0 Å². The van der Waals surface area contributed by atoms with Crippen molar-refractivity contribution in [1.82, 2.24) is 30.0 Å². The molecule has 184 valence electrons. The maximum absolute atomic E-state index is 13.4. The highest BCUT2D eigenvalue weighted by atomic mass is 32.2. The van der Waals surface area contributed by atoms with Gasteiger partial charge in [0.05, 0.1) is 12.2 Å². The fourth-order valence-electron chi connectivity index (χ4n) is 4.44. The number of hydrogen-bond acceptors (Lipinski definition) is 7. The minimum Gasteiger partial charge on any atom is -0.314 e. The van der Waals surface area contributed by atoms with Crippen LogP contribution in [0.15, 0.2) is 59.8 Å². The Morgan fingerprint density at radius 1 is 1.06 bits per heavy atom. The van der Waals surface area contributed by atoms with Crippen molar-refractivity contribution >= 4 is 23.5 Å². The van der Waals surface area contributed by atoms with Crippen LogP contribution in [-0.2, 0) is 18.8 Å². The van der Waals surface area contributed by atoms with Gasteiger partial charge in [0.15, 0.2) is 11.0 Å². The molecule has 1 aromatic carbocycles. The maximum atomic E-state index is 13.4. The summed E-state index contributed by atoms with van der Waals surface area (Å²) in [7, 11) is 1.88. The Bertz CT molecular complexity index is 1400. The van der Waals surface area contributed by atoms with Crippen LogP contribution >= 0.6 is 11.8 Å². The zero-order valence-corrected chi connectivity index (χ0v) is 21.7. The molecular formula is C27H29N7OS. The summed E-state index contributed by atoms with van der Waals surface area (Å²) < 4.78 is 2.11. The van der Waals surface area contributed by atoms with Crippen molar-refractivity contribution in [1.29, 1.82) is 0 Å². The predicted octanol–water partition coefficient (Wildman–Crippen LogP) is 4.80. The molecule has 8 nitrogen and oxygen atoms in total. The second-order valence-corrected chi connectivity index (χ2v) is 10.0. The van der Waals surface area contributed by atoms with Crippen LogP contribution < -0.4 is 10.2 Å².